The fraction of sp³-hybridized carbons (Fsp3) is 1.00. The molecule has 0 fully saturated rings. The van der Waals surface area contributed by atoms with Crippen LogP contribution in [0.15, 0.2) is 0 Å². The Kier molecular flexibility index (Phi) is 11.2. The summed E-state index contributed by atoms with van der Waals surface area (Å²) >= 11 is 1.52. The van der Waals surface area contributed by atoms with Gasteiger partial charge < -0.3 is 0 Å². The Balaban J connectivity index is 2.97. The molecule has 13 heavy (non-hydrogen) atoms. The molecule has 0 aliphatic carbocycles. The van der Waals surface area contributed by atoms with Crippen LogP contribution in [0, 0.1) is 0 Å². The second-order valence-corrected chi connectivity index (χ2v) is 6.63. The first-order valence-corrected chi connectivity index (χ1v) is 7.85. The monoisotopic (exact) mass is 233 g/mol. The Hall–Kier alpha value is 0.623. The molecule has 0 amide bonds. The van der Waals surface area contributed by atoms with Crippen LogP contribution >= 0.6 is 0 Å². The van der Waals surface area contributed by atoms with E-state index in [4.69, 9.17) is 0 Å². The Bertz CT molecular complexity index is 91.1. The molecule has 0 heterocycles. The van der Waals surface area contributed by atoms with E-state index in [2.05, 4.69) is 13.8 Å². The van der Waals surface area contributed by atoms with Crippen LogP contribution in [0.3, 0.4) is 0 Å². The molecule has 0 nitrogen and oxygen atoms in total. The first-order valence-electron chi connectivity index (χ1n) is 6.14. The van der Waals surface area contributed by atoms with Crippen LogP contribution in [0.2, 0.25) is 4.51 Å². The van der Waals surface area contributed by atoms with Gasteiger partial charge in [0.2, 0.25) is 0 Å². The molecule has 1 atom stereocenters. The number of unbranched alkanes of at least 4 members (excludes halogenated alkanes) is 5. The predicted octanol–water partition coefficient (Wildman–Crippen LogP) is 4.87. The van der Waals surface area contributed by atoms with Crippen molar-refractivity contribution >= 4 is 0 Å². The average Bonchev–Trinajstić information content (AvgIpc) is 2.11. The molecular formula is C12H25Zn. The molecule has 0 aliphatic rings. The van der Waals surface area contributed by atoms with Crippen molar-refractivity contribution in [3.63, 3.8) is 0 Å². The van der Waals surface area contributed by atoms with E-state index < -0.39 is 0 Å². The van der Waals surface area contributed by atoms with E-state index in [1.54, 1.807) is 0 Å². The molecule has 75 valence electrons. The van der Waals surface area contributed by atoms with Crippen molar-refractivity contribution in [2.45, 2.75) is 76.1 Å². The summed E-state index contributed by atoms with van der Waals surface area (Å²) in [7, 11) is 0. The van der Waals surface area contributed by atoms with E-state index in [1.165, 1.54) is 76.1 Å². The van der Waals surface area contributed by atoms with Gasteiger partial charge in [-0.05, 0) is 0 Å². The zero-order chi connectivity index (χ0) is 9.94. The second-order valence-electron chi connectivity index (χ2n) is 4.21. The Morgan fingerprint density at radius 3 is 2.00 bits per heavy atom. The number of hydrogen-bond acceptors (Lipinski definition) is 0. The van der Waals surface area contributed by atoms with Crippen molar-refractivity contribution in [1.29, 1.82) is 0 Å². The van der Waals surface area contributed by atoms with Crippen LogP contribution in [0.1, 0.15) is 71.6 Å². The maximum atomic E-state index is 2.31. The van der Waals surface area contributed by atoms with E-state index in [0.29, 0.717) is 0 Å². The van der Waals surface area contributed by atoms with Crippen molar-refractivity contribution in [3.8, 4) is 0 Å². The minimum atomic E-state index is 1.09. The van der Waals surface area contributed by atoms with Crippen LogP contribution in [0.4, 0.5) is 0 Å². The third-order valence-electron chi connectivity index (χ3n) is 2.66. The molecule has 0 aromatic carbocycles. The van der Waals surface area contributed by atoms with Gasteiger partial charge in [-0.15, -0.1) is 0 Å². The molecule has 0 radical (unpaired) electrons. The minimum absolute atomic E-state index is 1.09. The Morgan fingerprint density at radius 1 is 0.769 bits per heavy atom. The van der Waals surface area contributed by atoms with Gasteiger partial charge in [-0.25, -0.2) is 0 Å². The van der Waals surface area contributed by atoms with E-state index >= 15 is 0 Å². The van der Waals surface area contributed by atoms with Crippen molar-refractivity contribution in [2.24, 2.45) is 0 Å². The molecule has 0 aromatic heterocycles. The fourth-order valence-corrected chi connectivity index (χ4v) is 3.23. The van der Waals surface area contributed by atoms with Gasteiger partial charge in [0, 0.05) is 0 Å². The van der Waals surface area contributed by atoms with Crippen molar-refractivity contribution in [1.82, 2.24) is 0 Å². The van der Waals surface area contributed by atoms with E-state index in [-0.39, 0.29) is 0 Å². The van der Waals surface area contributed by atoms with Gasteiger partial charge in [0.15, 0.2) is 0 Å². The summed E-state index contributed by atoms with van der Waals surface area (Å²) < 4.78 is 1.09. The third-order valence-corrected chi connectivity index (χ3v) is 4.38. The predicted molar refractivity (Wildman–Crippen MR) is 56.7 cm³/mol. The zero-order valence-corrected chi connectivity index (χ0v) is 12.6. The van der Waals surface area contributed by atoms with Gasteiger partial charge in [0.05, 0.1) is 0 Å². The first kappa shape index (κ1) is 13.6. The molecule has 0 N–H and O–H groups in total. The normalized spacial score (nSPS) is 13.2. The fourth-order valence-electron chi connectivity index (χ4n) is 1.77. The Labute approximate surface area is 94.6 Å². The summed E-state index contributed by atoms with van der Waals surface area (Å²) in [5.41, 5.74) is 0. The van der Waals surface area contributed by atoms with E-state index in [0.717, 1.165) is 4.51 Å². The SMILES string of the molecule is CCCCCCCC[CH]([Zn])CCC. The molecule has 0 spiro atoms. The number of rotatable bonds is 9. The van der Waals surface area contributed by atoms with E-state index in [1.807, 2.05) is 0 Å². The number of hydrogen-bond donors (Lipinski definition) is 0. The molecule has 0 aliphatic heterocycles. The van der Waals surface area contributed by atoms with Crippen LogP contribution in [-0.4, -0.2) is 0 Å². The summed E-state index contributed by atoms with van der Waals surface area (Å²) in [6.07, 6.45) is 13.1. The van der Waals surface area contributed by atoms with Crippen LogP contribution < -0.4 is 0 Å². The topological polar surface area (TPSA) is 0 Å². The quantitative estimate of drug-likeness (QED) is 0.394. The van der Waals surface area contributed by atoms with Gasteiger partial charge in [-0.2, -0.15) is 0 Å². The molecular weight excluding hydrogens is 210 g/mol. The average molecular weight is 235 g/mol. The van der Waals surface area contributed by atoms with Gasteiger partial charge in [0.25, 0.3) is 0 Å². The molecule has 0 bridgehead atoms. The van der Waals surface area contributed by atoms with Crippen LogP contribution in [0.25, 0.3) is 0 Å². The van der Waals surface area contributed by atoms with Crippen LogP contribution in [0.5, 0.6) is 0 Å². The van der Waals surface area contributed by atoms with Gasteiger partial charge in [-0.3, -0.25) is 0 Å². The summed E-state index contributed by atoms with van der Waals surface area (Å²) in [4.78, 5) is 0. The zero-order valence-electron chi connectivity index (χ0n) is 9.65. The summed E-state index contributed by atoms with van der Waals surface area (Å²) in [5, 5.41) is 0. The molecule has 0 saturated heterocycles. The van der Waals surface area contributed by atoms with E-state index in [9.17, 15) is 0 Å². The van der Waals surface area contributed by atoms with Gasteiger partial charge in [0.1, 0.15) is 0 Å². The van der Waals surface area contributed by atoms with Crippen LogP contribution in [-0.2, 0) is 18.3 Å². The first-order chi connectivity index (χ1) is 6.31. The molecule has 0 aromatic rings. The second kappa shape index (κ2) is 10.7. The molecule has 0 rings (SSSR count). The standard InChI is InChI=1S/C12H25.Zn/c1-3-5-7-9-11-12-10-8-6-4-2;/h7H,3-6,8-12H2,1-2H3;. The maximum absolute atomic E-state index is 2.31. The van der Waals surface area contributed by atoms with Crippen molar-refractivity contribution in [3.05, 3.63) is 0 Å². The summed E-state index contributed by atoms with van der Waals surface area (Å²) in [6, 6.07) is 0. The molecule has 1 heteroatoms. The van der Waals surface area contributed by atoms with Gasteiger partial charge in [-0.1, -0.05) is 0 Å². The molecule has 0 saturated carbocycles. The Morgan fingerprint density at radius 2 is 1.38 bits per heavy atom. The summed E-state index contributed by atoms with van der Waals surface area (Å²) in [5.74, 6) is 0. The van der Waals surface area contributed by atoms with Gasteiger partial charge >= 0.3 is 94.4 Å². The van der Waals surface area contributed by atoms with Crippen molar-refractivity contribution in [2.75, 3.05) is 0 Å². The molecule has 1 unspecified atom stereocenters. The third kappa shape index (κ3) is 10.5. The van der Waals surface area contributed by atoms with Crippen molar-refractivity contribution < 1.29 is 18.3 Å². The summed E-state index contributed by atoms with van der Waals surface area (Å²) in [6.45, 7) is 4.60.